The summed E-state index contributed by atoms with van der Waals surface area (Å²) >= 11 is 1.65. The highest BCUT2D eigenvalue weighted by Gasteiger charge is 2.15. The van der Waals surface area contributed by atoms with Gasteiger partial charge in [-0.25, -0.2) is 4.79 Å². The molecule has 0 saturated heterocycles. The molecule has 1 aromatic carbocycles. The molecule has 21 heavy (non-hydrogen) atoms. The van der Waals surface area contributed by atoms with Crippen LogP contribution in [0, 0.1) is 0 Å². The van der Waals surface area contributed by atoms with Crippen molar-refractivity contribution in [1.82, 2.24) is 5.32 Å². The minimum absolute atomic E-state index is 0.0647. The Morgan fingerprint density at radius 1 is 1.33 bits per heavy atom. The number of carbonyl (C=O) groups excluding carboxylic acids is 1. The van der Waals surface area contributed by atoms with Crippen LogP contribution in [0.1, 0.15) is 26.2 Å². The number of urea groups is 1. The van der Waals surface area contributed by atoms with Gasteiger partial charge in [0.2, 0.25) is 0 Å². The number of carboxylic acids is 1. The lowest BCUT2D eigenvalue weighted by Gasteiger charge is -2.16. The summed E-state index contributed by atoms with van der Waals surface area (Å²) in [5, 5.41) is 17.4. The molecule has 0 aliphatic heterocycles. The minimum Gasteiger partial charge on any atom is -0.481 e. The predicted octanol–water partition coefficient (Wildman–Crippen LogP) is 3.67. The maximum absolute atomic E-state index is 11.9. The lowest BCUT2D eigenvalue weighted by atomic mass is 10.1. The van der Waals surface area contributed by atoms with Gasteiger partial charge in [0.05, 0.1) is 6.42 Å². The highest BCUT2D eigenvalue weighted by atomic mass is 32.1. The summed E-state index contributed by atoms with van der Waals surface area (Å²) < 4.78 is 1.16. The van der Waals surface area contributed by atoms with E-state index in [-0.39, 0.29) is 18.5 Å². The van der Waals surface area contributed by atoms with Crippen LogP contribution in [-0.2, 0) is 4.79 Å². The Hall–Kier alpha value is -2.08. The fraction of sp³-hybridized carbons (Fsp3) is 0.333. The number of amides is 2. The van der Waals surface area contributed by atoms with Crippen molar-refractivity contribution in [2.45, 2.75) is 32.2 Å². The molecule has 0 spiro atoms. The molecule has 2 amide bonds. The summed E-state index contributed by atoms with van der Waals surface area (Å²) in [4.78, 5) is 22.7. The van der Waals surface area contributed by atoms with Crippen molar-refractivity contribution in [2.75, 3.05) is 5.32 Å². The third kappa shape index (κ3) is 4.46. The molecular weight excluding hydrogens is 288 g/mol. The standard InChI is InChI=1S/C15H18N2O3S/c1-2-3-11(9-14(18)19)16-15(20)17-12-4-5-13-10(8-12)6-7-21-13/h4-8,11H,2-3,9H2,1H3,(H,18,19)(H2,16,17,20). The van der Waals surface area contributed by atoms with Crippen molar-refractivity contribution in [1.29, 1.82) is 0 Å². The quantitative estimate of drug-likeness (QED) is 0.762. The normalized spacial score (nSPS) is 12.0. The van der Waals surface area contributed by atoms with Crippen molar-refractivity contribution in [2.24, 2.45) is 0 Å². The summed E-state index contributed by atoms with van der Waals surface area (Å²) in [6.07, 6.45) is 1.40. The Morgan fingerprint density at radius 3 is 2.86 bits per heavy atom. The molecule has 0 aliphatic carbocycles. The topological polar surface area (TPSA) is 78.4 Å². The molecule has 1 aromatic heterocycles. The third-order valence-corrected chi connectivity index (χ3v) is 4.00. The number of fused-ring (bicyclic) bond motifs is 1. The molecular formula is C15H18N2O3S. The van der Waals surface area contributed by atoms with Crippen LogP contribution in [-0.4, -0.2) is 23.1 Å². The first-order valence-electron chi connectivity index (χ1n) is 6.85. The molecule has 0 bridgehead atoms. The summed E-state index contributed by atoms with van der Waals surface area (Å²) in [6.45, 7) is 1.96. The molecule has 1 heterocycles. The first kappa shape index (κ1) is 15.3. The van der Waals surface area contributed by atoms with Crippen molar-refractivity contribution >= 4 is 39.1 Å². The largest absolute Gasteiger partial charge is 0.481 e. The monoisotopic (exact) mass is 306 g/mol. The van der Waals surface area contributed by atoms with Gasteiger partial charge in [0.15, 0.2) is 0 Å². The lowest BCUT2D eigenvalue weighted by Crippen LogP contribution is -2.39. The third-order valence-electron chi connectivity index (χ3n) is 3.10. The van der Waals surface area contributed by atoms with Crippen molar-refractivity contribution in [3.8, 4) is 0 Å². The van der Waals surface area contributed by atoms with E-state index in [9.17, 15) is 9.59 Å². The molecule has 0 radical (unpaired) electrons. The van der Waals surface area contributed by atoms with E-state index in [1.54, 1.807) is 11.3 Å². The number of carbonyl (C=O) groups is 2. The molecule has 1 atom stereocenters. The van der Waals surface area contributed by atoms with Crippen LogP contribution in [0.5, 0.6) is 0 Å². The zero-order chi connectivity index (χ0) is 15.2. The van der Waals surface area contributed by atoms with Crippen LogP contribution in [0.2, 0.25) is 0 Å². The SMILES string of the molecule is CCCC(CC(=O)O)NC(=O)Nc1ccc2sccc2c1. The predicted molar refractivity (Wildman–Crippen MR) is 84.9 cm³/mol. The summed E-state index contributed by atoms with van der Waals surface area (Å²) in [5.41, 5.74) is 0.698. The molecule has 112 valence electrons. The maximum Gasteiger partial charge on any atom is 0.319 e. The number of nitrogens with one attached hydrogen (secondary N) is 2. The van der Waals surface area contributed by atoms with E-state index in [0.29, 0.717) is 12.1 Å². The van der Waals surface area contributed by atoms with E-state index in [4.69, 9.17) is 5.11 Å². The van der Waals surface area contributed by atoms with Crippen LogP contribution in [0.25, 0.3) is 10.1 Å². The maximum atomic E-state index is 11.9. The number of benzene rings is 1. The molecule has 3 N–H and O–H groups in total. The average molecular weight is 306 g/mol. The van der Waals surface area contributed by atoms with Gasteiger partial charge in [-0.1, -0.05) is 13.3 Å². The summed E-state index contributed by atoms with van der Waals surface area (Å²) in [7, 11) is 0. The molecule has 2 rings (SSSR count). The van der Waals surface area contributed by atoms with Gasteiger partial charge in [-0.05, 0) is 41.5 Å². The number of aliphatic carboxylic acids is 1. The molecule has 0 aliphatic rings. The number of anilines is 1. The Morgan fingerprint density at radius 2 is 2.14 bits per heavy atom. The summed E-state index contributed by atoms with van der Waals surface area (Å²) in [6, 6.07) is 6.97. The Kier molecular flexibility index (Phi) is 5.16. The van der Waals surface area contributed by atoms with E-state index in [2.05, 4.69) is 10.6 Å². The van der Waals surface area contributed by atoms with Crippen LogP contribution in [0.3, 0.4) is 0 Å². The van der Waals surface area contributed by atoms with Gasteiger partial charge >= 0.3 is 12.0 Å². The number of rotatable bonds is 6. The van der Waals surface area contributed by atoms with Crippen molar-refractivity contribution in [3.63, 3.8) is 0 Å². The van der Waals surface area contributed by atoms with Crippen molar-refractivity contribution < 1.29 is 14.7 Å². The van der Waals surface area contributed by atoms with Gasteiger partial charge in [0.25, 0.3) is 0 Å². The van der Waals surface area contributed by atoms with E-state index >= 15 is 0 Å². The van der Waals surface area contributed by atoms with Gasteiger partial charge in [-0.2, -0.15) is 0 Å². The van der Waals surface area contributed by atoms with E-state index in [1.165, 1.54) is 0 Å². The van der Waals surface area contributed by atoms with Gasteiger partial charge < -0.3 is 15.7 Å². The first-order valence-corrected chi connectivity index (χ1v) is 7.73. The Labute approximate surface area is 127 Å². The van der Waals surface area contributed by atoms with Gasteiger partial charge in [-0.3, -0.25) is 4.79 Å². The lowest BCUT2D eigenvalue weighted by molar-refractivity contribution is -0.137. The first-order chi connectivity index (χ1) is 10.1. The number of thiophene rings is 1. The second kappa shape index (κ2) is 7.08. The van der Waals surface area contributed by atoms with Gasteiger partial charge in [0, 0.05) is 16.4 Å². The van der Waals surface area contributed by atoms with E-state index < -0.39 is 5.97 Å². The molecule has 1 unspecified atom stereocenters. The van der Waals surface area contributed by atoms with Crippen LogP contribution in [0.15, 0.2) is 29.6 Å². The second-order valence-electron chi connectivity index (χ2n) is 4.86. The molecule has 0 saturated carbocycles. The molecule has 2 aromatic rings. The highest BCUT2D eigenvalue weighted by molar-refractivity contribution is 7.17. The molecule has 5 nitrogen and oxygen atoms in total. The smallest absolute Gasteiger partial charge is 0.319 e. The zero-order valence-electron chi connectivity index (χ0n) is 11.8. The van der Waals surface area contributed by atoms with Crippen molar-refractivity contribution in [3.05, 3.63) is 29.6 Å². The Bertz CT molecular complexity index is 639. The second-order valence-corrected chi connectivity index (χ2v) is 5.80. The zero-order valence-corrected chi connectivity index (χ0v) is 12.6. The van der Waals surface area contributed by atoms with E-state index in [0.717, 1.165) is 16.5 Å². The highest BCUT2D eigenvalue weighted by Crippen LogP contribution is 2.23. The Balaban J connectivity index is 1.97. The van der Waals surface area contributed by atoms with Crippen LogP contribution >= 0.6 is 11.3 Å². The number of hydrogen-bond donors (Lipinski definition) is 3. The average Bonchev–Trinajstić information content (AvgIpc) is 2.85. The van der Waals surface area contributed by atoms with Crippen LogP contribution < -0.4 is 10.6 Å². The van der Waals surface area contributed by atoms with E-state index in [1.807, 2.05) is 36.6 Å². The summed E-state index contributed by atoms with van der Waals surface area (Å²) in [5.74, 6) is -0.909. The van der Waals surface area contributed by atoms with Crippen LogP contribution in [0.4, 0.5) is 10.5 Å². The fourth-order valence-corrected chi connectivity index (χ4v) is 2.95. The molecule has 6 heteroatoms. The van der Waals surface area contributed by atoms with Gasteiger partial charge in [0.1, 0.15) is 0 Å². The number of carboxylic acid groups (broad SMARTS) is 1. The molecule has 0 fully saturated rings. The van der Waals surface area contributed by atoms with Gasteiger partial charge in [-0.15, -0.1) is 11.3 Å². The number of hydrogen-bond acceptors (Lipinski definition) is 3. The fourth-order valence-electron chi connectivity index (χ4n) is 2.18. The minimum atomic E-state index is -0.909.